The van der Waals surface area contributed by atoms with Gasteiger partial charge in [-0.05, 0) is 29.3 Å². The molecule has 14 heavy (non-hydrogen) atoms. The van der Waals surface area contributed by atoms with E-state index in [1.165, 1.54) is 11.3 Å². The Morgan fingerprint density at radius 3 is 2.86 bits per heavy atom. The van der Waals surface area contributed by atoms with Gasteiger partial charge in [0.1, 0.15) is 6.54 Å². The van der Waals surface area contributed by atoms with E-state index < -0.39 is 5.97 Å². The van der Waals surface area contributed by atoms with E-state index >= 15 is 0 Å². The van der Waals surface area contributed by atoms with E-state index in [4.69, 9.17) is 5.11 Å². The maximum atomic E-state index is 11.4. The van der Waals surface area contributed by atoms with Gasteiger partial charge in [-0.1, -0.05) is 0 Å². The number of aliphatic carboxylic acids is 1. The molecular weight excluding hydrogens is 202 g/mol. The predicted molar refractivity (Wildman–Crippen MR) is 53.4 cm³/mol. The highest BCUT2D eigenvalue weighted by molar-refractivity contribution is 7.08. The van der Waals surface area contributed by atoms with Gasteiger partial charge in [-0.15, -0.1) is 0 Å². The van der Waals surface area contributed by atoms with Gasteiger partial charge in [0.25, 0.3) is 0 Å². The molecule has 1 atom stereocenters. The molecule has 1 heterocycles. The van der Waals surface area contributed by atoms with Crippen LogP contribution >= 0.6 is 11.3 Å². The minimum absolute atomic E-state index is 0.259. The molecule has 1 aromatic heterocycles. The van der Waals surface area contributed by atoms with Crippen molar-refractivity contribution in [3.8, 4) is 0 Å². The number of carboxylic acid groups (broad SMARTS) is 1. The SMILES string of the molecule is CC(C(=O)NCC(=O)O)c1ccsc1. The standard InChI is InChI=1S/C9H11NO3S/c1-6(7-2-3-14-5-7)9(13)10-4-8(11)12/h2-3,5-6H,4H2,1H3,(H,10,13)(H,11,12). The van der Waals surface area contributed by atoms with Crippen LogP contribution in [0.1, 0.15) is 18.4 Å². The van der Waals surface area contributed by atoms with Gasteiger partial charge in [-0.2, -0.15) is 11.3 Å². The molecule has 0 aliphatic heterocycles. The fourth-order valence-electron chi connectivity index (χ4n) is 0.989. The van der Waals surface area contributed by atoms with Crippen LogP contribution in [0.2, 0.25) is 0 Å². The number of carbonyl (C=O) groups is 2. The molecule has 5 heteroatoms. The first-order valence-electron chi connectivity index (χ1n) is 4.13. The summed E-state index contributed by atoms with van der Waals surface area (Å²) in [7, 11) is 0. The molecule has 1 aromatic rings. The van der Waals surface area contributed by atoms with Crippen molar-refractivity contribution in [3.63, 3.8) is 0 Å². The lowest BCUT2D eigenvalue weighted by Crippen LogP contribution is -2.32. The van der Waals surface area contributed by atoms with Crippen LogP contribution in [0.5, 0.6) is 0 Å². The Kier molecular flexibility index (Phi) is 3.64. The van der Waals surface area contributed by atoms with Crippen LogP contribution < -0.4 is 5.32 Å². The van der Waals surface area contributed by atoms with Crippen molar-refractivity contribution in [2.24, 2.45) is 0 Å². The van der Waals surface area contributed by atoms with Crippen molar-refractivity contribution in [1.29, 1.82) is 0 Å². The number of rotatable bonds is 4. The van der Waals surface area contributed by atoms with Crippen LogP contribution in [0.4, 0.5) is 0 Å². The van der Waals surface area contributed by atoms with Gasteiger partial charge >= 0.3 is 5.97 Å². The lowest BCUT2D eigenvalue weighted by molar-refractivity contribution is -0.138. The molecule has 0 spiro atoms. The van der Waals surface area contributed by atoms with E-state index in [0.29, 0.717) is 0 Å². The summed E-state index contributed by atoms with van der Waals surface area (Å²) in [6, 6.07) is 1.86. The van der Waals surface area contributed by atoms with Crippen LogP contribution in [0.3, 0.4) is 0 Å². The summed E-state index contributed by atoms with van der Waals surface area (Å²) >= 11 is 1.51. The van der Waals surface area contributed by atoms with E-state index in [-0.39, 0.29) is 18.4 Å². The molecule has 0 aliphatic rings. The summed E-state index contributed by atoms with van der Waals surface area (Å²) in [5, 5.41) is 14.5. The van der Waals surface area contributed by atoms with Crippen LogP contribution in [0.15, 0.2) is 16.8 Å². The lowest BCUT2D eigenvalue weighted by Gasteiger charge is -2.08. The van der Waals surface area contributed by atoms with Gasteiger partial charge in [0, 0.05) is 0 Å². The van der Waals surface area contributed by atoms with Gasteiger partial charge < -0.3 is 10.4 Å². The van der Waals surface area contributed by atoms with Crippen LogP contribution in [0.25, 0.3) is 0 Å². The highest BCUT2D eigenvalue weighted by Gasteiger charge is 2.15. The number of hydrogen-bond donors (Lipinski definition) is 2. The zero-order valence-electron chi connectivity index (χ0n) is 7.69. The Balaban J connectivity index is 2.49. The smallest absolute Gasteiger partial charge is 0.322 e. The molecule has 0 aromatic carbocycles. The second kappa shape index (κ2) is 4.76. The second-order valence-corrected chi connectivity index (χ2v) is 3.67. The average Bonchev–Trinajstić information content (AvgIpc) is 2.65. The van der Waals surface area contributed by atoms with Crippen LogP contribution in [-0.4, -0.2) is 23.5 Å². The fraction of sp³-hybridized carbons (Fsp3) is 0.333. The van der Waals surface area contributed by atoms with Crippen molar-refractivity contribution in [3.05, 3.63) is 22.4 Å². The topological polar surface area (TPSA) is 66.4 Å². The number of amides is 1. The molecule has 0 radical (unpaired) electrons. The van der Waals surface area contributed by atoms with E-state index in [9.17, 15) is 9.59 Å². The molecular formula is C9H11NO3S. The first-order chi connectivity index (χ1) is 6.61. The minimum atomic E-state index is -1.03. The Morgan fingerprint density at radius 2 is 2.36 bits per heavy atom. The summed E-state index contributed by atoms with van der Waals surface area (Å²) in [6.07, 6.45) is 0. The Hall–Kier alpha value is -1.36. The van der Waals surface area contributed by atoms with E-state index in [1.54, 1.807) is 6.92 Å². The average molecular weight is 213 g/mol. The normalized spacial score (nSPS) is 12.1. The number of hydrogen-bond acceptors (Lipinski definition) is 3. The number of carboxylic acids is 1. The van der Waals surface area contributed by atoms with Gasteiger partial charge in [0.2, 0.25) is 5.91 Å². The maximum Gasteiger partial charge on any atom is 0.322 e. The van der Waals surface area contributed by atoms with E-state index in [1.807, 2.05) is 16.8 Å². The molecule has 0 saturated heterocycles. The molecule has 4 nitrogen and oxygen atoms in total. The minimum Gasteiger partial charge on any atom is -0.480 e. The molecule has 0 aliphatic carbocycles. The number of nitrogens with one attached hydrogen (secondary N) is 1. The van der Waals surface area contributed by atoms with Crippen molar-refractivity contribution in [2.45, 2.75) is 12.8 Å². The van der Waals surface area contributed by atoms with Gasteiger partial charge in [-0.3, -0.25) is 9.59 Å². The molecule has 0 saturated carbocycles. The second-order valence-electron chi connectivity index (χ2n) is 2.89. The lowest BCUT2D eigenvalue weighted by atomic mass is 10.0. The first kappa shape index (κ1) is 10.7. The maximum absolute atomic E-state index is 11.4. The quantitative estimate of drug-likeness (QED) is 0.785. The molecule has 76 valence electrons. The Bertz CT molecular complexity index is 321. The summed E-state index contributed by atoms with van der Waals surface area (Å²) in [5.74, 6) is -1.58. The first-order valence-corrected chi connectivity index (χ1v) is 5.07. The van der Waals surface area contributed by atoms with Crippen molar-refractivity contribution < 1.29 is 14.7 Å². The Morgan fingerprint density at radius 1 is 1.64 bits per heavy atom. The fourth-order valence-corrected chi connectivity index (χ4v) is 1.74. The highest BCUT2D eigenvalue weighted by Crippen LogP contribution is 2.17. The number of carbonyl (C=O) groups excluding carboxylic acids is 1. The third kappa shape index (κ3) is 2.85. The molecule has 1 amide bonds. The van der Waals surface area contributed by atoms with Crippen LogP contribution in [0, 0.1) is 0 Å². The van der Waals surface area contributed by atoms with Gasteiger partial charge in [0.05, 0.1) is 5.92 Å². The number of thiophene rings is 1. The summed E-state index contributed by atoms with van der Waals surface area (Å²) < 4.78 is 0. The molecule has 0 bridgehead atoms. The van der Waals surface area contributed by atoms with E-state index in [2.05, 4.69) is 5.32 Å². The summed E-state index contributed by atoms with van der Waals surface area (Å²) in [6.45, 7) is 1.42. The summed E-state index contributed by atoms with van der Waals surface area (Å²) in [4.78, 5) is 21.6. The molecule has 1 unspecified atom stereocenters. The zero-order chi connectivity index (χ0) is 10.6. The van der Waals surface area contributed by atoms with Crippen molar-refractivity contribution >= 4 is 23.2 Å². The van der Waals surface area contributed by atoms with Crippen molar-refractivity contribution in [2.75, 3.05) is 6.54 Å². The van der Waals surface area contributed by atoms with Crippen molar-refractivity contribution in [1.82, 2.24) is 5.32 Å². The van der Waals surface area contributed by atoms with Crippen LogP contribution in [-0.2, 0) is 9.59 Å². The monoisotopic (exact) mass is 213 g/mol. The van der Waals surface area contributed by atoms with Gasteiger partial charge in [0.15, 0.2) is 0 Å². The largest absolute Gasteiger partial charge is 0.480 e. The van der Waals surface area contributed by atoms with E-state index in [0.717, 1.165) is 5.56 Å². The third-order valence-electron chi connectivity index (χ3n) is 1.85. The van der Waals surface area contributed by atoms with Gasteiger partial charge in [-0.25, -0.2) is 0 Å². The highest BCUT2D eigenvalue weighted by atomic mass is 32.1. The zero-order valence-corrected chi connectivity index (χ0v) is 8.50. The Labute approximate surface area is 85.6 Å². The molecule has 1 rings (SSSR count). The molecule has 0 fully saturated rings. The molecule has 2 N–H and O–H groups in total. The summed E-state index contributed by atoms with van der Waals surface area (Å²) in [5.41, 5.74) is 0.915. The third-order valence-corrected chi connectivity index (χ3v) is 2.55. The predicted octanol–water partition coefficient (Wildman–Crippen LogP) is 1.05.